The third-order valence-electron chi connectivity index (χ3n) is 2.74. The second kappa shape index (κ2) is 6.02. The molecule has 0 fully saturated rings. The molecule has 0 spiro atoms. The first-order valence-electron chi connectivity index (χ1n) is 6.09. The van der Waals surface area contributed by atoms with Crippen LogP contribution in [0.5, 0.6) is 5.75 Å². The van der Waals surface area contributed by atoms with Gasteiger partial charge in [-0.15, -0.1) is 11.3 Å². The van der Waals surface area contributed by atoms with E-state index in [9.17, 15) is 4.79 Å². The van der Waals surface area contributed by atoms with E-state index in [0.29, 0.717) is 15.8 Å². The number of benzene rings is 1. The molecule has 3 rings (SSSR count). The minimum Gasteiger partial charge on any atom is -0.497 e. The van der Waals surface area contributed by atoms with E-state index >= 15 is 0 Å². The number of methoxy groups -OCH3 is 1. The molecule has 3 aromatic rings. The lowest BCUT2D eigenvalue weighted by Crippen LogP contribution is -2.09. The van der Waals surface area contributed by atoms with Crippen molar-refractivity contribution in [2.24, 2.45) is 0 Å². The van der Waals surface area contributed by atoms with Gasteiger partial charge in [0.25, 0.3) is 5.91 Å². The maximum absolute atomic E-state index is 11.9. The zero-order chi connectivity index (χ0) is 14.7. The van der Waals surface area contributed by atoms with E-state index in [4.69, 9.17) is 4.74 Å². The van der Waals surface area contributed by atoms with Gasteiger partial charge in [0.2, 0.25) is 5.13 Å². The topological polar surface area (TPSA) is 64.1 Å². The average Bonchev–Trinajstić information content (AvgIpc) is 3.19. The van der Waals surface area contributed by atoms with E-state index in [-0.39, 0.29) is 5.91 Å². The van der Waals surface area contributed by atoms with Gasteiger partial charge in [0.1, 0.15) is 5.75 Å². The third-order valence-corrected chi connectivity index (χ3v) is 4.24. The van der Waals surface area contributed by atoms with Gasteiger partial charge in [0.05, 0.1) is 12.0 Å². The summed E-state index contributed by atoms with van der Waals surface area (Å²) in [5.74, 6) is 1.20. The number of ether oxygens (including phenoxy) is 1. The first-order chi connectivity index (χ1) is 10.3. The summed E-state index contributed by atoms with van der Waals surface area (Å²) in [5.41, 5.74) is 0.878. The molecule has 7 heteroatoms. The Kier molecular flexibility index (Phi) is 3.94. The maximum atomic E-state index is 11.9. The molecule has 2 aromatic heterocycles. The van der Waals surface area contributed by atoms with Crippen molar-refractivity contribution in [1.29, 1.82) is 0 Å². The molecule has 0 saturated heterocycles. The van der Waals surface area contributed by atoms with Crippen molar-refractivity contribution in [3.8, 4) is 17.1 Å². The van der Waals surface area contributed by atoms with E-state index in [0.717, 1.165) is 22.8 Å². The molecule has 0 radical (unpaired) electrons. The number of thiophene rings is 1. The zero-order valence-electron chi connectivity index (χ0n) is 11.1. The number of hydrogen-bond donors (Lipinski definition) is 1. The van der Waals surface area contributed by atoms with Crippen LogP contribution in [0.3, 0.4) is 0 Å². The van der Waals surface area contributed by atoms with Gasteiger partial charge in [-0.3, -0.25) is 10.1 Å². The van der Waals surface area contributed by atoms with Gasteiger partial charge in [-0.25, -0.2) is 0 Å². The summed E-state index contributed by atoms with van der Waals surface area (Å²) < 4.78 is 9.36. The number of carbonyl (C=O) groups excluding carboxylic acids is 1. The van der Waals surface area contributed by atoms with E-state index in [1.54, 1.807) is 13.2 Å². The Hall–Kier alpha value is -2.25. The predicted octanol–water partition coefficient (Wildman–Crippen LogP) is 3.53. The van der Waals surface area contributed by atoms with Crippen LogP contribution in [0, 0.1) is 0 Å². The Morgan fingerprint density at radius 1 is 1.24 bits per heavy atom. The molecule has 1 aromatic carbocycles. The molecule has 5 nitrogen and oxygen atoms in total. The molecule has 21 heavy (non-hydrogen) atoms. The minimum atomic E-state index is -0.164. The fourth-order valence-corrected chi connectivity index (χ4v) is 2.90. The van der Waals surface area contributed by atoms with Crippen LogP contribution in [0.1, 0.15) is 9.67 Å². The van der Waals surface area contributed by atoms with Gasteiger partial charge in [-0.2, -0.15) is 9.36 Å². The number of nitrogens with zero attached hydrogens (tertiary/aromatic N) is 2. The second-order valence-electron chi connectivity index (χ2n) is 4.08. The minimum absolute atomic E-state index is 0.164. The molecule has 0 aliphatic rings. The van der Waals surface area contributed by atoms with Gasteiger partial charge in [-0.05, 0) is 35.7 Å². The number of hydrogen-bond acceptors (Lipinski definition) is 6. The number of carbonyl (C=O) groups is 1. The maximum Gasteiger partial charge on any atom is 0.267 e. The lowest BCUT2D eigenvalue weighted by molar-refractivity contribution is 0.103. The SMILES string of the molecule is COc1ccc(-c2nsc(NC(=O)c3cccs3)n2)cc1. The Balaban J connectivity index is 1.75. The zero-order valence-corrected chi connectivity index (χ0v) is 12.7. The van der Waals surface area contributed by atoms with Crippen LogP contribution >= 0.6 is 22.9 Å². The summed E-state index contributed by atoms with van der Waals surface area (Å²) in [5, 5.41) is 5.09. The summed E-state index contributed by atoms with van der Waals surface area (Å²) in [4.78, 5) is 16.9. The fraction of sp³-hybridized carbons (Fsp3) is 0.0714. The molecule has 0 saturated carbocycles. The largest absolute Gasteiger partial charge is 0.497 e. The van der Waals surface area contributed by atoms with Crippen molar-refractivity contribution >= 4 is 33.9 Å². The molecule has 2 heterocycles. The van der Waals surface area contributed by atoms with E-state index in [1.165, 1.54) is 11.3 Å². The highest BCUT2D eigenvalue weighted by Gasteiger charge is 2.11. The smallest absolute Gasteiger partial charge is 0.267 e. The van der Waals surface area contributed by atoms with Crippen molar-refractivity contribution in [3.05, 3.63) is 46.7 Å². The van der Waals surface area contributed by atoms with Crippen molar-refractivity contribution < 1.29 is 9.53 Å². The summed E-state index contributed by atoms with van der Waals surface area (Å²) in [6, 6.07) is 11.1. The lowest BCUT2D eigenvalue weighted by Gasteiger charge is -1.99. The van der Waals surface area contributed by atoms with E-state index < -0.39 is 0 Å². The summed E-state index contributed by atoms with van der Waals surface area (Å²) >= 11 is 2.55. The van der Waals surface area contributed by atoms with Gasteiger partial charge in [-0.1, -0.05) is 6.07 Å². The van der Waals surface area contributed by atoms with Gasteiger partial charge < -0.3 is 4.74 Å². The number of aromatic nitrogens is 2. The van der Waals surface area contributed by atoms with Crippen molar-refractivity contribution in [2.45, 2.75) is 0 Å². The molecule has 1 amide bonds. The Morgan fingerprint density at radius 3 is 2.71 bits per heavy atom. The normalized spacial score (nSPS) is 10.3. The summed E-state index contributed by atoms with van der Waals surface area (Å²) in [6.45, 7) is 0. The predicted molar refractivity (Wildman–Crippen MR) is 84.2 cm³/mol. The molecule has 0 bridgehead atoms. The standard InChI is InChI=1S/C14H11N3O2S2/c1-19-10-6-4-9(5-7-10)12-15-14(21-17-12)16-13(18)11-3-2-8-20-11/h2-8H,1H3,(H,15,16,17,18). The van der Waals surface area contributed by atoms with Gasteiger partial charge in [0, 0.05) is 17.1 Å². The summed E-state index contributed by atoms with van der Waals surface area (Å²) in [7, 11) is 1.62. The van der Waals surface area contributed by atoms with Gasteiger partial charge >= 0.3 is 0 Å². The fourth-order valence-electron chi connectivity index (χ4n) is 1.70. The molecule has 0 atom stereocenters. The molecule has 1 N–H and O–H groups in total. The Morgan fingerprint density at radius 2 is 2.05 bits per heavy atom. The monoisotopic (exact) mass is 317 g/mol. The number of rotatable bonds is 4. The molecule has 106 valence electrons. The lowest BCUT2D eigenvalue weighted by atomic mass is 10.2. The van der Waals surface area contributed by atoms with Crippen LogP contribution in [0.25, 0.3) is 11.4 Å². The third kappa shape index (κ3) is 3.09. The van der Waals surface area contributed by atoms with Crippen LogP contribution in [-0.4, -0.2) is 22.4 Å². The average molecular weight is 317 g/mol. The second-order valence-corrected chi connectivity index (χ2v) is 5.78. The van der Waals surface area contributed by atoms with E-state index in [1.807, 2.05) is 35.7 Å². The molecule has 0 unspecified atom stereocenters. The van der Waals surface area contributed by atoms with Crippen molar-refractivity contribution in [1.82, 2.24) is 9.36 Å². The van der Waals surface area contributed by atoms with Crippen LogP contribution in [0.2, 0.25) is 0 Å². The van der Waals surface area contributed by atoms with Crippen LogP contribution in [0.15, 0.2) is 41.8 Å². The summed E-state index contributed by atoms with van der Waals surface area (Å²) in [6.07, 6.45) is 0. The molecular formula is C14H11N3O2S2. The molecule has 0 aliphatic heterocycles. The first-order valence-corrected chi connectivity index (χ1v) is 7.74. The molecule has 0 aliphatic carbocycles. The van der Waals surface area contributed by atoms with Crippen molar-refractivity contribution in [2.75, 3.05) is 12.4 Å². The first kappa shape index (κ1) is 13.7. The number of amides is 1. The quantitative estimate of drug-likeness (QED) is 0.799. The van der Waals surface area contributed by atoms with Crippen LogP contribution in [0.4, 0.5) is 5.13 Å². The van der Waals surface area contributed by atoms with Crippen molar-refractivity contribution in [3.63, 3.8) is 0 Å². The Bertz CT molecular complexity index is 736. The van der Waals surface area contributed by atoms with E-state index in [2.05, 4.69) is 14.7 Å². The number of anilines is 1. The van der Waals surface area contributed by atoms with Crippen LogP contribution < -0.4 is 10.1 Å². The van der Waals surface area contributed by atoms with Crippen LogP contribution in [-0.2, 0) is 0 Å². The highest BCUT2D eigenvalue weighted by molar-refractivity contribution is 7.12. The Labute approximate surface area is 129 Å². The van der Waals surface area contributed by atoms with Gasteiger partial charge in [0.15, 0.2) is 5.82 Å². The molecular weight excluding hydrogens is 306 g/mol. The highest BCUT2D eigenvalue weighted by Crippen LogP contribution is 2.23. The highest BCUT2D eigenvalue weighted by atomic mass is 32.1. The number of nitrogens with one attached hydrogen (secondary N) is 1.